The highest BCUT2D eigenvalue weighted by Gasteiger charge is 2.51. The van der Waals surface area contributed by atoms with Crippen molar-refractivity contribution in [2.24, 2.45) is 5.92 Å². The molecule has 0 bridgehead atoms. The molecule has 2 aliphatic rings. The SMILES string of the molecule is CC1CCN(CN2C(=O)C(O)(CC(=O)c3ccc(C(C)C)cc3)c3ccccc32)CC1. The van der Waals surface area contributed by atoms with Gasteiger partial charge in [0.25, 0.3) is 5.91 Å². The number of aliphatic hydroxyl groups is 1. The highest BCUT2D eigenvalue weighted by Crippen LogP contribution is 2.43. The van der Waals surface area contributed by atoms with Crippen LogP contribution in [0.2, 0.25) is 0 Å². The third kappa shape index (κ3) is 4.17. The predicted octanol–water partition coefficient (Wildman–Crippen LogP) is 4.31. The summed E-state index contributed by atoms with van der Waals surface area (Å²) in [5.74, 6) is 0.450. The maximum atomic E-state index is 13.4. The van der Waals surface area contributed by atoms with E-state index in [0.717, 1.165) is 31.5 Å². The van der Waals surface area contributed by atoms with Gasteiger partial charge in [0, 0.05) is 24.2 Å². The first-order valence-corrected chi connectivity index (χ1v) is 11.3. The third-order valence-electron chi connectivity index (χ3n) is 6.77. The molecule has 31 heavy (non-hydrogen) atoms. The largest absolute Gasteiger partial charge is 0.375 e. The molecule has 1 unspecified atom stereocenters. The minimum Gasteiger partial charge on any atom is -0.375 e. The number of amides is 1. The Hall–Kier alpha value is -2.50. The van der Waals surface area contributed by atoms with Crippen LogP contribution in [0.4, 0.5) is 5.69 Å². The van der Waals surface area contributed by atoms with Crippen molar-refractivity contribution in [1.29, 1.82) is 0 Å². The average molecular weight is 421 g/mol. The van der Waals surface area contributed by atoms with Crippen molar-refractivity contribution in [1.82, 2.24) is 4.90 Å². The summed E-state index contributed by atoms with van der Waals surface area (Å²) >= 11 is 0. The summed E-state index contributed by atoms with van der Waals surface area (Å²) in [5.41, 5.74) is 1.08. The van der Waals surface area contributed by atoms with Crippen molar-refractivity contribution < 1.29 is 14.7 Å². The Morgan fingerprint density at radius 3 is 2.39 bits per heavy atom. The first-order chi connectivity index (χ1) is 14.8. The zero-order valence-corrected chi connectivity index (χ0v) is 18.7. The van der Waals surface area contributed by atoms with Crippen molar-refractivity contribution >= 4 is 17.4 Å². The van der Waals surface area contributed by atoms with Crippen molar-refractivity contribution in [3.8, 4) is 0 Å². The lowest BCUT2D eigenvalue weighted by atomic mass is 9.87. The highest BCUT2D eigenvalue weighted by molar-refractivity contribution is 6.10. The molecule has 1 amide bonds. The molecule has 2 heterocycles. The second-order valence-corrected chi connectivity index (χ2v) is 9.43. The van der Waals surface area contributed by atoms with E-state index in [0.29, 0.717) is 35.3 Å². The Balaban J connectivity index is 1.56. The summed E-state index contributed by atoms with van der Waals surface area (Å²) < 4.78 is 0. The van der Waals surface area contributed by atoms with Crippen molar-refractivity contribution in [3.63, 3.8) is 0 Å². The zero-order valence-electron chi connectivity index (χ0n) is 18.7. The number of fused-ring (bicyclic) bond motifs is 1. The van der Waals surface area contributed by atoms with Crippen LogP contribution in [0.1, 0.15) is 67.4 Å². The van der Waals surface area contributed by atoms with Crippen molar-refractivity contribution in [2.45, 2.75) is 51.6 Å². The van der Waals surface area contributed by atoms with E-state index in [1.807, 2.05) is 30.3 Å². The highest BCUT2D eigenvalue weighted by atomic mass is 16.3. The van der Waals surface area contributed by atoms with Crippen molar-refractivity contribution in [2.75, 3.05) is 24.7 Å². The van der Waals surface area contributed by atoms with Crippen LogP contribution in [0.3, 0.4) is 0 Å². The number of carbonyl (C=O) groups is 2. The van der Waals surface area contributed by atoms with Gasteiger partial charge in [-0.25, -0.2) is 0 Å². The first-order valence-electron chi connectivity index (χ1n) is 11.3. The lowest BCUT2D eigenvalue weighted by Crippen LogP contribution is -2.48. The first kappa shape index (κ1) is 21.7. The van der Waals surface area contributed by atoms with E-state index in [9.17, 15) is 14.7 Å². The Bertz CT molecular complexity index is 961. The summed E-state index contributed by atoms with van der Waals surface area (Å²) in [6, 6.07) is 14.8. The zero-order chi connectivity index (χ0) is 22.2. The van der Waals surface area contributed by atoms with Crippen LogP contribution in [0.25, 0.3) is 0 Å². The summed E-state index contributed by atoms with van der Waals surface area (Å²) in [4.78, 5) is 30.4. The molecule has 2 aliphatic heterocycles. The average Bonchev–Trinajstić information content (AvgIpc) is 2.97. The quantitative estimate of drug-likeness (QED) is 0.708. The van der Waals surface area contributed by atoms with Gasteiger partial charge < -0.3 is 5.11 Å². The number of para-hydroxylation sites is 1. The van der Waals surface area contributed by atoms with E-state index < -0.39 is 11.5 Å². The molecule has 0 saturated carbocycles. The summed E-state index contributed by atoms with van der Waals surface area (Å²) in [6.45, 7) is 8.78. The van der Waals surface area contributed by atoms with Gasteiger partial charge in [0.05, 0.1) is 18.8 Å². The number of anilines is 1. The van der Waals surface area contributed by atoms with Gasteiger partial charge in [-0.3, -0.25) is 19.4 Å². The molecule has 5 heteroatoms. The van der Waals surface area contributed by atoms with Gasteiger partial charge >= 0.3 is 0 Å². The van der Waals surface area contributed by atoms with E-state index in [1.165, 1.54) is 0 Å². The van der Waals surface area contributed by atoms with E-state index in [2.05, 4.69) is 25.7 Å². The molecule has 0 radical (unpaired) electrons. The van der Waals surface area contributed by atoms with Gasteiger partial charge in [0.2, 0.25) is 0 Å². The topological polar surface area (TPSA) is 60.9 Å². The number of hydrogen-bond acceptors (Lipinski definition) is 4. The fraction of sp³-hybridized carbons (Fsp3) is 0.462. The Morgan fingerprint density at radius 2 is 1.74 bits per heavy atom. The molecule has 164 valence electrons. The minimum absolute atomic E-state index is 0.227. The Morgan fingerprint density at radius 1 is 1.10 bits per heavy atom. The van der Waals surface area contributed by atoms with Crippen LogP contribution < -0.4 is 4.90 Å². The Kier molecular flexibility index (Phi) is 6.00. The number of rotatable bonds is 6. The molecule has 5 nitrogen and oxygen atoms in total. The molecular formula is C26H32N2O3. The predicted molar refractivity (Wildman–Crippen MR) is 122 cm³/mol. The number of ketones is 1. The number of Topliss-reactive ketones (excluding diaryl/α,β-unsaturated/α-hetero) is 1. The van der Waals surface area contributed by atoms with Crippen LogP contribution in [0.15, 0.2) is 48.5 Å². The van der Waals surface area contributed by atoms with Gasteiger partial charge in [-0.15, -0.1) is 0 Å². The van der Waals surface area contributed by atoms with Crippen LogP contribution in [0, 0.1) is 5.92 Å². The number of likely N-dealkylation sites (tertiary alicyclic amines) is 1. The lowest BCUT2D eigenvalue weighted by molar-refractivity contribution is -0.136. The maximum absolute atomic E-state index is 13.4. The number of piperidine rings is 1. The molecular weight excluding hydrogens is 388 g/mol. The summed E-state index contributed by atoms with van der Waals surface area (Å²) in [5, 5.41) is 11.5. The molecule has 2 aromatic carbocycles. The molecule has 0 spiro atoms. The van der Waals surface area contributed by atoms with E-state index in [-0.39, 0.29) is 12.2 Å². The van der Waals surface area contributed by atoms with Crippen LogP contribution in [-0.4, -0.2) is 41.5 Å². The van der Waals surface area contributed by atoms with Crippen LogP contribution in [0.5, 0.6) is 0 Å². The number of benzene rings is 2. The molecule has 4 rings (SSSR count). The third-order valence-corrected chi connectivity index (χ3v) is 6.77. The van der Waals surface area contributed by atoms with Crippen LogP contribution >= 0.6 is 0 Å². The molecule has 2 aromatic rings. The molecule has 1 atom stereocenters. The second kappa shape index (κ2) is 8.56. The van der Waals surface area contributed by atoms with E-state index in [4.69, 9.17) is 0 Å². The number of carbonyl (C=O) groups excluding carboxylic acids is 2. The molecule has 0 aliphatic carbocycles. The standard InChI is InChI=1S/C26H32N2O3/c1-18(2)20-8-10-21(11-9-20)24(29)16-26(31)22-6-4-5-7-23(22)28(25(26)30)17-27-14-12-19(3)13-15-27/h4-11,18-19,31H,12-17H2,1-3H3. The smallest absolute Gasteiger partial charge is 0.265 e. The number of hydrogen-bond donors (Lipinski definition) is 1. The maximum Gasteiger partial charge on any atom is 0.265 e. The summed E-state index contributed by atoms with van der Waals surface area (Å²) in [7, 11) is 0. The molecule has 1 saturated heterocycles. The Labute approximate surface area is 184 Å². The van der Waals surface area contributed by atoms with E-state index in [1.54, 1.807) is 23.1 Å². The fourth-order valence-electron chi connectivity index (χ4n) is 4.61. The van der Waals surface area contributed by atoms with Crippen molar-refractivity contribution in [3.05, 3.63) is 65.2 Å². The molecule has 1 N–H and O–H groups in total. The molecule has 1 fully saturated rings. The van der Waals surface area contributed by atoms with Gasteiger partial charge in [-0.1, -0.05) is 63.2 Å². The second-order valence-electron chi connectivity index (χ2n) is 9.43. The van der Waals surface area contributed by atoms with Gasteiger partial charge in [-0.05, 0) is 36.3 Å². The van der Waals surface area contributed by atoms with Gasteiger partial charge in [0.15, 0.2) is 11.4 Å². The normalized spacial score (nSPS) is 22.2. The van der Waals surface area contributed by atoms with Crippen LogP contribution in [-0.2, 0) is 10.4 Å². The lowest BCUT2D eigenvalue weighted by Gasteiger charge is -2.34. The van der Waals surface area contributed by atoms with E-state index >= 15 is 0 Å². The monoisotopic (exact) mass is 420 g/mol. The molecule has 0 aromatic heterocycles. The fourth-order valence-corrected chi connectivity index (χ4v) is 4.61. The number of nitrogens with zero attached hydrogens (tertiary/aromatic N) is 2. The van der Waals surface area contributed by atoms with Gasteiger partial charge in [-0.2, -0.15) is 0 Å². The summed E-state index contributed by atoms with van der Waals surface area (Å²) in [6.07, 6.45) is 1.97. The van der Waals surface area contributed by atoms with Gasteiger partial charge in [0.1, 0.15) is 0 Å². The minimum atomic E-state index is -1.83.